The van der Waals surface area contributed by atoms with Crippen LogP contribution in [0.15, 0.2) is 0 Å². The zero-order valence-electron chi connectivity index (χ0n) is 8.63. The molecule has 4 nitrogen and oxygen atoms in total. The molecule has 2 aliphatic rings. The summed E-state index contributed by atoms with van der Waals surface area (Å²) in [6.45, 7) is 1.83. The molecule has 0 atom stereocenters. The summed E-state index contributed by atoms with van der Waals surface area (Å²) in [4.78, 5) is 12.3. The number of nitrogens with one attached hydrogen (secondary N) is 1. The van der Waals surface area contributed by atoms with E-state index in [0.29, 0.717) is 11.8 Å². The van der Waals surface area contributed by atoms with Gasteiger partial charge >= 0.3 is 0 Å². The summed E-state index contributed by atoms with van der Waals surface area (Å²) in [7, 11) is 0. The molecule has 5 heteroatoms. The van der Waals surface area contributed by atoms with Gasteiger partial charge in [0.25, 0.3) is 0 Å². The van der Waals surface area contributed by atoms with Crippen molar-refractivity contribution in [1.82, 2.24) is 15.0 Å². The van der Waals surface area contributed by atoms with Crippen LogP contribution in [-0.2, 0) is 0 Å². The van der Waals surface area contributed by atoms with Crippen molar-refractivity contribution in [3.63, 3.8) is 0 Å². The van der Waals surface area contributed by atoms with E-state index in [1.165, 1.54) is 25.7 Å². The quantitative estimate of drug-likeness (QED) is 0.855. The maximum absolute atomic E-state index is 5.79. The van der Waals surface area contributed by atoms with E-state index in [-0.39, 0.29) is 10.8 Å². The standard InChI is InChI=1S/C10H13ClN4/c1-6-12-8(11)14-9(13-6)15-10(4-5-10)7-2-3-7/h7H,2-5H2,1H3,(H,12,13,14,15). The molecule has 3 rings (SSSR count). The zero-order chi connectivity index (χ0) is 10.5. The van der Waals surface area contributed by atoms with Gasteiger partial charge in [-0.05, 0) is 50.1 Å². The van der Waals surface area contributed by atoms with Gasteiger partial charge in [0, 0.05) is 5.54 Å². The van der Waals surface area contributed by atoms with E-state index in [1.54, 1.807) is 0 Å². The first-order valence-electron chi connectivity index (χ1n) is 5.34. The number of halogens is 1. The molecule has 0 spiro atoms. The van der Waals surface area contributed by atoms with Crippen LogP contribution in [0.4, 0.5) is 5.95 Å². The van der Waals surface area contributed by atoms with Crippen molar-refractivity contribution < 1.29 is 0 Å². The normalized spacial score (nSPS) is 22.5. The molecule has 0 radical (unpaired) electrons. The van der Waals surface area contributed by atoms with Gasteiger partial charge in [0.2, 0.25) is 11.2 Å². The van der Waals surface area contributed by atoms with Gasteiger partial charge in [-0.3, -0.25) is 0 Å². The molecule has 80 valence electrons. The SMILES string of the molecule is Cc1nc(Cl)nc(NC2(C3CC3)CC2)n1. The van der Waals surface area contributed by atoms with Gasteiger partial charge in [-0.2, -0.15) is 9.97 Å². The number of hydrogen-bond acceptors (Lipinski definition) is 4. The van der Waals surface area contributed by atoms with Crippen molar-refractivity contribution in [2.24, 2.45) is 5.92 Å². The van der Waals surface area contributed by atoms with Gasteiger partial charge in [-0.25, -0.2) is 4.98 Å². The molecule has 2 fully saturated rings. The minimum atomic E-state index is 0.275. The van der Waals surface area contributed by atoms with Crippen LogP contribution in [0, 0.1) is 12.8 Å². The van der Waals surface area contributed by atoms with Crippen LogP contribution in [0.5, 0.6) is 0 Å². The largest absolute Gasteiger partial charge is 0.348 e. The number of aryl methyl sites for hydroxylation is 1. The van der Waals surface area contributed by atoms with Gasteiger partial charge in [0.05, 0.1) is 0 Å². The summed E-state index contributed by atoms with van der Waals surface area (Å²) in [6, 6.07) is 0. The second-order valence-electron chi connectivity index (χ2n) is 4.53. The highest BCUT2D eigenvalue weighted by molar-refractivity contribution is 6.28. The summed E-state index contributed by atoms with van der Waals surface area (Å²) >= 11 is 5.79. The van der Waals surface area contributed by atoms with E-state index < -0.39 is 0 Å². The van der Waals surface area contributed by atoms with Gasteiger partial charge in [0.15, 0.2) is 0 Å². The Balaban J connectivity index is 1.81. The second kappa shape index (κ2) is 3.04. The molecule has 2 saturated carbocycles. The Morgan fingerprint density at radius 3 is 2.53 bits per heavy atom. The molecule has 0 bridgehead atoms. The molecule has 0 saturated heterocycles. The lowest BCUT2D eigenvalue weighted by Crippen LogP contribution is -2.25. The molecule has 1 aromatic rings. The summed E-state index contributed by atoms with van der Waals surface area (Å²) in [5.74, 6) is 2.13. The Bertz CT molecular complexity index is 378. The fraction of sp³-hybridized carbons (Fsp3) is 0.700. The molecule has 0 aromatic carbocycles. The summed E-state index contributed by atoms with van der Waals surface area (Å²) < 4.78 is 0. The van der Waals surface area contributed by atoms with Crippen molar-refractivity contribution in [2.75, 3.05) is 5.32 Å². The van der Waals surface area contributed by atoms with Crippen LogP contribution in [-0.4, -0.2) is 20.5 Å². The predicted molar refractivity (Wildman–Crippen MR) is 57.9 cm³/mol. The third-order valence-corrected chi connectivity index (χ3v) is 3.40. The predicted octanol–water partition coefficient (Wildman–Crippen LogP) is 2.19. The Morgan fingerprint density at radius 1 is 1.27 bits per heavy atom. The lowest BCUT2D eigenvalue weighted by molar-refractivity contribution is 0.625. The van der Waals surface area contributed by atoms with Gasteiger partial charge in [0.1, 0.15) is 5.82 Å². The monoisotopic (exact) mass is 224 g/mol. The van der Waals surface area contributed by atoms with Crippen molar-refractivity contribution in [1.29, 1.82) is 0 Å². The van der Waals surface area contributed by atoms with Crippen molar-refractivity contribution in [3.8, 4) is 0 Å². The Labute approximate surface area is 93.5 Å². The number of hydrogen-bond donors (Lipinski definition) is 1. The lowest BCUT2D eigenvalue weighted by atomic mass is 10.1. The van der Waals surface area contributed by atoms with Crippen LogP contribution in [0.3, 0.4) is 0 Å². The molecule has 0 unspecified atom stereocenters. The lowest BCUT2D eigenvalue weighted by Gasteiger charge is -2.16. The third-order valence-electron chi connectivity index (χ3n) is 3.23. The Kier molecular flexibility index (Phi) is 1.89. The first-order chi connectivity index (χ1) is 7.18. The first kappa shape index (κ1) is 9.33. The van der Waals surface area contributed by atoms with E-state index in [4.69, 9.17) is 11.6 Å². The summed E-state index contributed by atoms with van der Waals surface area (Å²) in [6.07, 6.45) is 5.15. The van der Waals surface area contributed by atoms with E-state index >= 15 is 0 Å². The molecular weight excluding hydrogens is 212 g/mol. The highest BCUT2D eigenvalue weighted by Crippen LogP contribution is 2.55. The zero-order valence-corrected chi connectivity index (χ0v) is 9.38. The first-order valence-corrected chi connectivity index (χ1v) is 5.72. The fourth-order valence-corrected chi connectivity index (χ4v) is 2.34. The van der Waals surface area contributed by atoms with E-state index in [9.17, 15) is 0 Å². The van der Waals surface area contributed by atoms with Crippen molar-refractivity contribution in [3.05, 3.63) is 11.1 Å². The number of aromatic nitrogens is 3. The Morgan fingerprint density at radius 2 is 2.00 bits per heavy atom. The molecule has 0 amide bonds. The Hall–Kier alpha value is -0.900. The smallest absolute Gasteiger partial charge is 0.227 e. The van der Waals surface area contributed by atoms with Crippen LogP contribution in [0.2, 0.25) is 5.28 Å². The molecule has 1 N–H and O–H groups in total. The van der Waals surface area contributed by atoms with Gasteiger partial charge < -0.3 is 5.32 Å². The van der Waals surface area contributed by atoms with Crippen LogP contribution >= 0.6 is 11.6 Å². The topological polar surface area (TPSA) is 50.7 Å². The molecule has 2 aliphatic carbocycles. The van der Waals surface area contributed by atoms with Crippen molar-refractivity contribution in [2.45, 2.75) is 38.1 Å². The average molecular weight is 225 g/mol. The number of anilines is 1. The maximum atomic E-state index is 5.79. The average Bonchev–Trinajstić information content (AvgIpc) is 2.96. The minimum absolute atomic E-state index is 0.275. The highest BCUT2D eigenvalue weighted by atomic mass is 35.5. The maximum Gasteiger partial charge on any atom is 0.227 e. The summed E-state index contributed by atoms with van der Waals surface area (Å²) in [5.41, 5.74) is 0.289. The van der Waals surface area contributed by atoms with Gasteiger partial charge in [-0.1, -0.05) is 0 Å². The highest BCUT2D eigenvalue weighted by Gasteiger charge is 2.54. The number of nitrogens with zero attached hydrogens (tertiary/aromatic N) is 3. The van der Waals surface area contributed by atoms with E-state index in [2.05, 4.69) is 20.3 Å². The van der Waals surface area contributed by atoms with Crippen LogP contribution < -0.4 is 5.32 Å². The number of rotatable bonds is 3. The van der Waals surface area contributed by atoms with Crippen molar-refractivity contribution >= 4 is 17.5 Å². The molecule has 15 heavy (non-hydrogen) atoms. The third kappa shape index (κ3) is 1.78. The molecule has 1 aromatic heterocycles. The molecular formula is C10H13ClN4. The van der Waals surface area contributed by atoms with Gasteiger partial charge in [-0.15, -0.1) is 0 Å². The van der Waals surface area contributed by atoms with E-state index in [1.807, 2.05) is 6.92 Å². The fourth-order valence-electron chi connectivity index (χ4n) is 2.13. The van der Waals surface area contributed by atoms with Crippen LogP contribution in [0.25, 0.3) is 0 Å². The van der Waals surface area contributed by atoms with Crippen LogP contribution in [0.1, 0.15) is 31.5 Å². The molecule has 0 aliphatic heterocycles. The minimum Gasteiger partial charge on any atom is -0.348 e. The second-order valence-corrected chi connectivity index (χ2v) is 4.87. The molecule has 1 heterocycles. The van der Waals surface area contributed by atoms with E-state index in [0.717, 1.165) is 5.92 Å². The summed E-state index contributed by atoms with van der Waals surface area (Å²) in [5, 5.41) is 3.70.